The van der Waals surface area contributed by atoms with Crippen LogP contribution in [0.15, 0.2) is 0 Å². The fourth-order valence-electron chi connectivity index (χ4n) is 4.15. The van der Waals surface area contributed by atoms with Crippen LogP contribution < -0.4 is 10.6 Å². The van der Waals surface area contributed by atoms with E-state index in [0.29, 0.717) is 25.9 Å². The lowest BCUT2D eigenvalue weighted by atomic mass is 10.0. The minimum Gasteiger partial charge on any atom is -0.356 e. The van der Waals surface area contributed by atoms with Crippen molar-refractivity contribution in [3.05, 3.63) is 0 Å². The first-order chi connectivity index (χ1) is 16.0. The van der Waals surface area contributed by atoms with Crippen molar-refractivity contribution in [3.8, 4) is 0 Å². The topological polar surface area (TPSA) is 102 Å². The number of carbonyl (C=O) groups is 1. The summed E-state index contributed by atoms with van der Waals surface area (Å²) in [6.07, 6.45) is 26.9. The molecular formula is C27H57ClN2O4. The summed E-state index contributed by atoms with van der Waals surface area (Å²) in [4.78, 5) is 11.8. The maximum Gasteiger partial charge on any atom is 0.288 e. The summed E-state index contributed by atoms with van der Waals surface area (Å²) >= 11 is 0. The molecule has 0 unspecified atom stereocenters. The average molecular weight is 509 g/mol. The quantitative estimate of drug-likeness (QED) is 0.0733. The Kier molecular flexibility index (Phi) is 28.6. The highest BCUT2D eigenvalue weighted by atomic mass is 35.5. The third-order valence-electron chi connectivity index (χ3n) is 6.22. The largest absolute Gasteiger partial charge is 0.356 e. The number of halogens is 1. The van der Waals surface area contributed by atoms with Gasteiger partial charge in [-0.05, 0) is 19.4 Å². The molecule has 0 saturated heterocycles. The van der Waals surface area contributed by atoms with Crippen LogP contribution in [0, 0.1) is 0 Å². The first-order valence-electron chi connectivity index (χ1n) is 14.1. The number of carbonyl (C=O) groups excluding carboxylic acids is 1. The lowest BCUT2D eigenvalue weighted by Gasteiger charge is -2.14. The van der Waals surface area contributed by atoms with Gasteiger partial charge in [-0.2, -0.15) is 0 Å². The maximum atomic E-state index is 11.8. The molecule has 1 amide bonds. The number of aliphatic hydroxyl groups is 3. The number of hydrogen-bond donors (Lipinski definition) is 5. The summed E-state index contributed by atoms with van der Waals surface area (Å²) in [5, 5.41) is 31.8. The predicted octanol–water partition coefficient (Wildman–Crippen LogP) is 5.96. The fraction of sp³-hybridized carbons (Fsp3) is 0.963. The van der Waals surface area contributed by atoms with Gasteiger partial charge in [-0.1, -0.05) is 122 Å². The van der Waals surface area contributed by atoms with E-state index in [1.807, 2.05) is 0 Å². The van der Waals surface area contributed by atoms with Crippen LogP contribution in [0.1, 0.15) is 142 Å². The van der Waals surface area contributed by atoms with Crippen LogP contribution in [0.5, 0.6) is 0 Å². The van der Waals surface area contributed by atoms with Gasteiger partial charge in [0.1, 0.15) is 0 Å². The molecule has 0 fully saturated rings. The fourth-order valence-corrected chi connectivity index (χ4v) is 4.15. The van der Waals surface area contributed by atoms with E-state index in [0.717, 1.165) is 12.8 Å². The Balaban J connectivity index is 0. The molecule has 34 heavy (non-hydrogen) atoms. The summed E-state index contributed by atoms with van der Waals surface area (Å²) in [5.41, 5.74) is 0. The van der Waals surface area contributed by atoms with Crippen LogP contribution in [-0.2, 0) is 4.79 Å². The minimum atomic E-state index is -2.67. The number of rotatable bonds is 26. The van der Waals surface area contributed by atoms with Crippen molar-refractivity contribution in [1.29, 1.82) is 0 Å². The second-order valence-corrected chi connectivity index (χ2v) is 9.77. The zero-order chi connectivity index (χ0) is 24.5. The van der Waals surface area contributed by atoms with Crippen LogP contribution in [0.3, 0.4) is 0 Å². The summed E-state index contributed by atoms with van der Waals surface area (Å²) < 4.78 is 0. The second kappa shape index (κ2) is 27.2. The van der Waals surface area contributed by atoms with Crippen LogP contribution in [0.25, 0.3) is 0 Å². The van der Waals surface area contributed by atoms with Crippen LogP contribution in [-0.4, -0.2) is 46.8 Å². The molecule has 0 saturated carbocycles. The molecule has 5 N–H and O–H groups in total. The molecule has 0 heterocycles. The van der Waals surface area contributed by atoms with Gasteiger partial charge in [-0.3, -0.25) is 4.79 Å². The number of hydrogen-bond acceptors (Lipinski definition) is 5. The Bertz CT molecular complexity index is 420. The van der Waals surface area contributed by atoms with E-state index >= 15 is 0 Å². The highest BCUT2D eigenvalue weighted by Crippen LogP contribution is 2.14. The van der Waals surface area contributed by atoms with Crippen LogP contribution in [0.4, 0.5) is 0 Å². The molecule has 0 rings (SSSR count). The molecule has 0 radical (unpaired) electrons. The maximum absolute atomic E-state index is 11.8. The predicted molar refractivity (Wildman–Crippen MR) is 145 cm³/mol. The van der Waals surface area contributed by atoms with Crippen molar-refractivity contribution >= 4 is 18.3 Å². The third kappa shape index (κ3) is 31.6. The molecule has 7 heteroatoms. The van der Waals surface area contributed by atoms with Crippen LogP contribution >= 0.6 is 12.4 Å². The first kappa shape index (κ1) is 35.8. The summed E-state index contributed by atoms with van der Waals surface area (Å²) in [5.74, 6) is -2.59. The molecule has 0 spiro atoms. The summed E-state index contributed by atoms with van der Waals surface area (Å²) in [6.45, 7) is 3.03. The molecule has 0 aromatic rings. The second-order valence-electron chi connectivity index (χ2n) is 9.77. The van der Waals surface area contributed by atoms with E-state index in [2.05, 4.69) is 17.6 Å². The van der Waals surface area contributed by atoms with E-state index in [9.17, 15) is 4.79 Å². The van der Waals surface area contributed by atoms with Gasteiger partial charge < -0.3 is 26.0 Å². The summed E-state index contributed by atoms with van der Waals surface area (Å²) in [7, 11) is 0. The minimum absolute atomic E-state index is 0. The van der Waals surface area contributed by atoms with Gasteiger partial charge in [0.05, 0.1) is 6.54 Å². The molecule has 0 aliphatic carbocycles. The molecular weight excluding hydrogens is 452 g/mol. The molecule has 0 bridgehead atoms. The lowest BCUT2D eigenvalue weighted by molar-refractivity contribution is -0.306. The molecule has 0 atom stereocenters. The van der Waals surface area contributed by atoms with E-state index < -0.39 is 5.97 Å². The molecule has 0 aliphatic heterocycles. The summed E-state index contributed by atoms with van der Waals surface area (Å²) in [6, 6.07) is 0. The van der Waals surface area contributed by atoms with Crippen molar-refractivity contribution in [1.82, 2.24) is 10.6 Å². The van der Waals surface area contributed by atoms with Gasteiger partial charge in [-0.15, -0.1) is 12.4 Å². The monoisotopic (exact) mass is 508 g/mol. The Labute approximate surface area is 216 Å². The van der Waals surface area contributed by atoms with E-state index in [1.165, 1.54) is 109 Å². The average Bonchev–Trinajstić information content (AvgIpc) is 2.77. The Morgan fingerprint density at radius 2 is 0.971 bits per heavy atom. The first-order valence-corrected chi connectivity index (χ1v) is 14.1. The number of amides is 1. The van der Waals surface area contributed by atoms with Gasteiger partial charge in [0, 0.05) is 13.0 Å². The van der Waals surface area contributed by atoms with Gasteiger partial charge in [0.15, 0.2) is 0 Å². The molecule has 6 nitrogen and oxygen atoms in total. The number of unbranched alkanes of at least 4 members (excludes halogenated alkanes) is 18. The third-order valence-corrected chi connectivity index (χ3v) is 6.22. The molecule has 0 aromatic carbocycles. The zero-order valence-electron chi connectivity index (χ0n) is 22.1. The van der Waals surface area contributed by atoms with Crippen molar-refractivity contribution < 1.29 is 20.1 Å². The van der Waals surface area contributed by atoms with Crippen molar-refractivity contribution in [2.24, 2.45) is 0 Å². The SMILES string of the molecule is CCCCCCCCCCCCCCCCCCCCCC(=O)NCCCNCC(O)(O)O.Cl. The van der Waals surface area contributed by atoms with E-state index in [1.54, 1.807) is 0 Å². The molecule has 0 aliphatic rings. The standard InChI is InChI=1S/C27H56N2O4.ClH/c1-2-3-4-5-6-7-8-9-10-11-12-13-14-15-16-17-18-19-20-22-26(30)29-24-21-23-28-25-27(31,32)33;/h28,31-33H,2-25H2,1H3,(H,29,30);1H. The molecule has 206 valence electrons. The van der Waals surface area contributed by atoms with Gasteiger partial charge in [0.25, 0.3) is 5.97 Å². The zero-order valence-corrected chi connectivity index (χ0v) is 22.9. The van der Waals surface area contributed by atoms with E-state index in [4.69, 9.17) is 15.3 Å². The van der Waals surface area contributed by atoms with Crippen molar-refractivity contribution in [3.63, 3.8) is 0 Å². The Morgan fingerprint density at radius 1 is 0.588 bits per heavy atom. The highest BCUT2D eigenvalue weighted by molar-refractivity contribution is 5.85. The van der Waals surface area contributed by atoms with Gasteiger partial charge in [0.2, 0.25) is 5.91 Å². The normalized spacial score (nSPS) is 11.4. The highest BCUT2D eigenvalue weighted by Gasteiger charge is 2.16. The van der Waals surface area contributed by atoms with E-state index in [-0.39, 0.29) is 24.9 Å². The lowest BCUT2D eigenvalue weighted by Crippen LogP contribution is -2.40. The Hall–Kier alpha value is -0.400. The smallest absolute Gasteiger partial charge is 0.288 e. The van der Waals surface area contributed by atoms with Gasteiger partial charge in [-0.25, -0.2) is 0 Å². The number of nitrogens with one attached hydrogen (secondary N) is 2. The Morgan fingerprint density at radius 3 is 1.35 bits per heavy atom. The molecule has 0 aromatic heterocycles. The van der Waals surface area contributed by atoms with Crippen LogP contribution in [0.2, 0.25) is 0 Å². The van der Waals surface area contributed by atoms with Gasteiger partial charge >= 0.3 is 0 Å². The van der Waals surface area contributed by atoms with Crippen molar-refractivity contribution in [2.45, 2.75) is 148 Å². The van der Waals surface area contributed by atoms with Crippen molar-refractivity contribution in [2.75, 3.05) is 19.6 Å².